The smallest absolute Gasteiger partial charge is 0.455 e. The zero-order chi connectivity index (χ0) is 19.2. The Bertz CT molecular complexity index is 639. The highest BCUT2D eigenvalue weighted by molar-refractivity contribution is 6.65. The van der Waals surface area contributed by atoms with E-state index in [9.17, 15) is 27.6 Å². The first-order valence-electron chi connectivity index (χ1n) is 7.27. The topological polar surface area (TPSA) is 78.9 Å². The van der Waals surface area contributed by atoms with E-state index >= 15 is 0 Å². The third-order valence-corrected chi connectivity index (χ3v) is 5.68. The Labute approximate surface area is 143 Å². The summed E-state index contributed by atoms with van der Waals surface area (Å²) < 4.78 is 54.6. The zero-order valence-corrected chi connectivity index (χ0v) is 14.9. The van der Waals surface area contributed by atoms with Crippen molar-refractivity contribution >= 4 is 26.7 Å². The highest BCUT2D eigenvalue weighted by atomic mass is 28.4. The Hall–Kier alpha value is -2.36. The lowest BCUT2D eigenvalue weighted by Gasteiger charge is -2.26. The van der Waals surface area contributed by atoms with Gasteiger partial charge in [0, 0.05) is 26.8 Å². The van der Waals surface area contributed by atoms with Gasteiger partial charge in [-0.2, -0.15) is 0 Å². The molecule has 0 unspecified atom stereocenters. The number of hydrogen-bond acceptors (Lipinski definition) is 6. The van der Waals surface area contributed by atoms with Crippen molar-refractivity contribution in [3.05, 3.63) is 35.1 Å². The van der Waals surface area contributed by atoms with Crippen molar-refractivity contribution in [1.82, 2.24) is 0 Å². The van der Waals surface area contributed by atoms with Crippen molar-refractivity contribution in [3.8, 4) is 0 Å². The van der Waals surface area contributed by atoms with Gasteiger partial charge >= 0.3 is 8.80 Å². The molecule has 1 rings (SSSR count). The monoisotopic (exact) mass is 378 g/mol. The first-order chi connectivity index (χ1) is 11.5. The van der Waals surface area contributed by atoms with Crippen LogP contribution in [-0.4, -0.2) is 26.7 Å². The largest absolute Gasteiger partial charge is 0.705 e. The summed E-state index contributed by atoms with van der Waals surface area (Å²) >= 11 is 0. The summed E-state index contributed by atoms with van der Waals surface area (Å²) in [6, 6.07) is 0.932. The SMILES string of the molecule is CC(=O)O[Si](CCCc1cc(F)c(F)cc1F)(OC(C)=O)OC(C)=O. The van der Waals surface area contributed by atoms with Crippen LogP contribution in [0.15, 0.2) is 12.1 Å². The molecule has 0 heterocycles. The van der Waals surface area contributed by atoms with Gasteiger partial charge in [-0.25, -0.2) is 13.2 Å². The molecule has 0 N–H and O–H groups in total. The predicted octanol–water partition coefficient (Wildman–Crippen LogP) is 2.66. The fourth-order valence-corrected chi connectivity index (χ4v) is 4.48. The van der Waals surface area contributed by atoms with Crippen LogP contribution in [0.1, 0.15) is 32.8 Å². The van der Waals surface area contributed by atoms with Gasteiger partial charge in [-0.1, -0.05) is 0 Å². The summed E-state index contributed by atoms with van der Waals surface area (Å²) in [5.74, 6) is -5.95. The minimum absolute atomic E-state index is 0.0298. The van der Waals surface area contributed by atoms with Gasteiger partial charge in [0.15, 0.2) is 11.6 Å². The van der Waals surface area contributed by atoms with E-state index in [-0.39, 0.29) is 24.4 Å². The van der Waals surface area contributed by atoms with Gasteiger partial charge in [-0.3, -0.25) is 14.4 Å². The number of rotatable bonds is 7. The molecule has 1 aromatic carbocycles. The predicted molar refractivity (Wildman–Crippen MR) is 80.5 cm³/mol. The molecule has 0 spiro atoms. The molecule has 138 valence electrons. The fourth-order valence-electron chi connectivity index (χ4n) is 2.12. The van der Waals surface area contributed by atoms with E-state index in [1.165, 1.54) is 0 Å². The second-order valence-electron chi connectivity index (χ2n) is 5.18. The van der Waals surface area contributed by atoms with E-state index < -0.39 is 44.2 Å². The lowest BCUT2D eigenvalue weighted by molar-refractivity contribution is -0.147. The highest BCUT2D eigenvalue weighted by Gasteiger charge is 2.51. The van der Waals surface area contributed by atoms with Gasteiger partial charge in [0.05, 0.1) is 6.04 Å². The van der Waals surface area contributed by atoms with E-state index in [1.807, 2.05) is 0 Å². The van der Waals surface area contributed by atoms with E-state index in [0.29, 0.717) is 12.1 Å². The highest BCUT2D eigenvalue weighted by Crippen LogP contribution is 2.22. The molecule has 0 atom stereocenters. The Balaban J connectivity index is 2.93. The Morgan fingerprint density at radius 3 is 1.72 bits per heavy atom. The van der Waals surface area contributed by atoms with E-state index in [0.717, 1.165) is 20.8 Å². The van der Waals surface area contributed by atoms with Crippen molar-refractivity contribution in [3.63, 3.8) is 0 Å². The molecule has 0 fully saturated rings. The van der Waals surface area contributed by atoms with Gasteiger partial charge in [-0.05, 0) is 24.5 Å². The molecule has 25 heavy (non-hydrogen) atoms. The molecule has 0 amide bonds. The van der Waals surface area contributed by atoms with Crippen LogP contribution < -0.4 is 0 Å². The Kier molecular flexibility index (Phi) is 7.16. The van der Waals surface area contributed by atoms with Gasteiger partial charge < -0.3 is 13.3 Å². The maximum absolute atomic E-state index is 13.6. The van der Waals surface area contributed by atoms with Crippen LogP contribution in [-0.2, 0) is 34.1 Å². The molecule has 0 aromatic heterocycles. The lowest BCUT2D eigenvalue weighted by Crippen LogP contribution is -2.49. The normalized spacial score (nSPS) is 11.0. The number of aryl methyl sites for hydroxylation is 1. The van der Waals surface area contributed by atoms with Gasteiger partial charge in [0.1, 0.15) is 5.82 Å². The summed E-state index contributed by atoms with van der Waals surface area (Å²) in [7, 11) is -4.02. The number of halogens is 3. The van der Waals surface area contributed by atoms with Crippen LogP contribution in [0.5, 0.6) is 0 Å². The maximum atomic E-state index is 13.6. The average molecular weight is 378 g/mol. The molecular weight excluding hydrogens is 361 g/mol. The summed E-state index contributed by atoms with van der Waals surface area (Å²) in [4.78, 5) is 33.8. The van der Waals surface area contributed by atoms with Crippen LogP contribution in [0.25, 0.3) is 0 Å². The van der Waals surface area contributed by atoms with Crippen LogP contribution in [0.4, 0.5) is 13.2 Å². The fraction of sp³-hybridized carbons (Fsp3) is 0.400. The Morgan fingerprint density at radius 1 is 0.840 bits per heavy atom. The molecular formula is C15H17F3O6Si. The molecule has 6 nitrogen and oxygen atoms in total. The zero-order valence-electron chi connectivity index (χ0n) is 13.9. The second kappa shape index (κ2) is 8.65. The van der Waals surface area contributed by atoms with E-state index in [2.05, 4.69) is 0 Å². The van der Waals surface area contributed by atoms with E-state index in [1.54, 1.807) is 0 Å². The molecule has 0 saturated carbocycles. The molecule has 0 bridgehead atoms. The van der Waals surface area contributed by atoms with Gasteiger partial charge in [0.25, 0.3) is 17.9 Å². The number of carbonyl (C=O) groups excluding carboxylic acids is 3. The van der Waals surface area contributed by atoms with Gasteiger partial charge in [0.2, 0.25) is 0 Å². The molecule has 0 radical (unpaired) electrons. The van der Waals surface area contributed by atoms with E-state index in [4.69, 9.17) is 13.3 Å². The molecule has 0 saturated heterocycles. The lowest BCUT2D eigenvalue weighted by atomic mass is 10.1. The summed E-state index contributed by atoms with van der Waals surface area (Å²) in [5, 5.41) is 0. The number of benzene rings is 1. The van der Waals surface area contributed by atoms with Crippen LogP contribution in [0, 0.1) is 17.5 Å². The summed E-state index contributed by atoms with van der Waals surface area (Å²) in [6.45, 7) is 3.14. The van der Waals surface area contributed by atoms with Crippen LogP contribution >= 0.6 is 0 Å². The van der Waals surface area contributed by atoms with Crippen LogP contribution in [0.2, 0.25) is 6.04 Å². The molecule has 10 heteroatoms. The Morgan fingerprint density at radius 2 is 1.28 bits per heavy atom. The molecule has 1 aromatic rings. The third-order valence-electron chi connectivity index (χ3n) is 2.92. The molecule has 0 aliphatic carbocycles. The second-order valence-corrected chi connectivity index (χ2v) is 7.65. The van der Waals surface area contributed by atoms with Crippen LogP contribution in [0.3, 0.4) is 0 Å². The minimum atomic E-state index is -4.02. The van der Waals surface area contributed by atoms with Crippen molar-refractivity contribution < 1.29 is 40.8 Å². The summed E-state index contributed by atoms with van der Waals surface area (Å²) in [5.41, 5.74) is -0.115. The maximum Gasteiger partial charge on any atom is 0.705 e. The third kappa shape index (κ3) is 6.57. The first kappa shape index (κ1) is 20.7. The molecule has 0 aliphatic heterocycles. The number of hydrogen-bond donors (Lipinski definition) is 0. The number of carbonyl (C=O) groups is 3. The van der Waals surface area contributed by atoms with Crippen molar-refractivity contribution in [1.29, 1.82) is 0 Å². The minimum Gasteiger partial charge on any atom is -0.455 e. The first-order valence-corrected chi connectivity index (χ1v) is 9.20. The van der Waals surface area contributed by atoms with Crippen molar-refractivity contribution in [2.45, 2.75) is 39.7 Å². The quantitative estimate of drug-likeness (QED) is 0.536. The standard InChI is InChI=1S/C15H17F3O6Si/c1-9(19)22-25(23-10(2)20,24-11(3)21)6-4-5-12-7-14(17)15(18)8-13(12)16/h7-8H,4-6H2,1-3H3. The molecule has 0 aliphatic rings. The van der Waals surface area contributed by atoms with Crippen molar-refractivity contribution in [2.75, 3.05) is 0 Å². The summed E-state index contributed by atoms with van der Waals surface area (Å²) in [6.07, 6.45) is -0.0520. The average Bonchev–Trinajstić information content (AvgIpc) is 2.41. The van der Waals surface area contributed by atoms with Crippen molar-refractivity contribution in [2.24, 2.45) is 0 Å². The van der Waals surface area contributed by atoms with Gasteiger partial charge in [-0.15, -0.1) is 0 Å².